The van der Waals surface area contributed by atoms with Crippen molar-refractivity contribution in [2.75, 3.05) is 6.61 Å². The third kappa shape index (κ3) is 3.09. The summed E-state index contributed by atoms with van der Waals surface area (Å²) in [6.07, 6.45) is 1.10. The Bertz CT molecular complexity index is 165. The van der Waals surface area contributed by atoms with Gasteiger partial charge in [-0.1, -0.05) is 6.58 Å². The van der Waals surface area contributed by atoms with Gasteiger partial charge in [-0.05, 0) is 40.0 Å². The van der Waals surface area contributed by atoms with Crippen molar-refractivity contribution in [2.45, 2.75) is 32.2 Å². The predicted molar refractivity (Wildman–Crippen MR) is 52.7 cm³/mol. The third-order valence-electron chi connectivity index (χ3n) is 1.52. The minimum absolute atomic E-state index is 0.203. The fourth-order valence-electron chi connectivity index (χ4n) is 1.11. The van der Waals surface area contributed by atoms with Gasteiger partial charge < -0.3 is 9.47 Å². The molecule has 0 spiro atoms. The summed E-state index contributed by atoms with van der Waals surface area (Å²) in [6, 6.07) is 0. The van der Waals surface area contributed by atoms with Crippen LogP contribution in [0.25, 0.3) is 0 Å². The molecule has 1 aliphatic rings. The highest BCUT2D eigenvalue weighted by atomic mass is 127. The first-order valence-electron chi connectivity index (χ1n) is 3.65. The monoisotopic (exact) mass is 268 g/mol. The minimum atomic E-state index is -0.392. The molecule has 3 heteroatoms. The zero-order chi connectivity index (χ0) is 8.48. The maximum atomic E-state index is 5.57. The molecule has 1 saturated heterocycles. The molecule has 11 heavy (non-hydrogen) atoms. The van der Waals surface area contributed by atoms with E-state index in [0.29, 0.717) is 6.61 Å². The molecule has 0 bridgehead atoms. The van der Waals surface area contributed by atoms with Crippen molar-refractivity contribution in [3.05, 3.63) is 10.2 Å². The summed E-state index contributed by atoms with van der Waals surface area (Å²) in [6.45, 7) is 8.37. The lowest BCUT2D eigenvalue weighted by Crippen LogP contribution is -2.21. The summed E-state index contributed by atoms with van der Waals surface area (Å²) in [5.41, 5.74) is 0. The van der Waals surface area contributed by atoms with Gasteiger partial charge in [0.2, 0.25) is 0 Å². The van der Waals surface area contributed by atoms with Crippen LogP contribution in [0.5, 0.6) is 0 Å². The Labute approximate surface area is 81.1 Å². The first kappa shape index (κ1) is 9.48. The van der Waals surface area contributed by atoms with Crippen LogP contribution in [-0.2, 0) is 9.47 Å². The van der Waals surface area contributed by atoms with E-state index in [1.165, 1.54) is 0 Å². The number of hydrogen-bond acceptors (Lipinski definition) is 2. The molecular formula is C8H13IO2. The second kappa shape index (κ2) is 3.41. The second-order valence-electron chi connectivity index (χ2n) is 3.17. The molecular weight excluding hydrogens is 255 g/mol. The quantitative estimate of drug-likeness (QED) is 0.716. The summed E-state index contributed by atoms with van der Waals surface area (Å²) in [4.78, 5) is 0. The maximum absolute atomic E-state index is 5.57. The van der Waals surface area contributed by atoms with E-state index in [1.807, 2.05) is 13.8 Å². The molecule has 0 N–H and O–H groups in total. The Hall–Kier alpha value is 0.390. The van der Waals surface area contributed by atoms with Crippen molar-refractivity contribution in [3.63, 3.8) is 0 Å². The summed E-state index contributed by atoms with van der Waals surface area (Å²) < 4.78 is 12.1. The molecule has 1 heterocycles. The largest absolute Gasteiger partial charge is 0.348 e. The number of hydrogen-bond donors (Lipinski definition) is 0. The number of rotatable bonds is 2. The van der Waals surface area contributed by atoms with Gasteiger partial charge in [0.15, 0.2) is 5.79 Å². The summed E-state index contributed by atoms with van der Waals surface area (Å²) >= 11 is 2.21. The predicted octanol–water partition coefficient (Wildman–Crippen LogP) is 2.48. The Morgan fingerprint density at radius 1 is 1.73 bits per heavy atom. The van der Waals surface area contributed by atoms with E-state index in [0.717, 1.165) is 10.0 Å². The Balaban J connectivity index is 2.36. The molecule has 0 aromatic rings. The molecule has 1 aliphatic heterocycles. The second-order valence-corrected chi connectivity index (χ2v) is 4.70. The van der Waals surface area contributed by atoms with Gasteiger partial charge in [-0.3, -0.25) is 0 Å². The van der Waals surface area contributed by atoms with Gasteiger partial charge >= 0.3 is 0 Å². The first-order chi connectivity index (χ1) is 4.99. The van der Waals surface area contributed by atoms with E-state index in [-0.39, 0.29) is 6.10 Å². The van der Waals surface area contributed by atoms with Crippen molar-refractivity contribution in [2.24, 2.45) is 0 Å². The molecule has 0 amide bonds. The van der Waals surface area contributed by atoms with E-state index in [1.54, 1.807) is 0 Å². The molecule has 0 unspecified atom stereocenters. The SMILES string of the molecule is C=C(I)C[C@H]1COC(C)(C)O1. The zero-order valence-electron chi connectivity index (χ0n) is 6.89. The van der Waals surface area contributed by atoms with E-state index in [4.69, 9.17) is 9.47 Å². The van der Waals surface area contributed by atoms with E-state index < -0.39 is 5.79 Å². The van der Waals surface area contributed by atoms with Crippen molar-refractivity contribution in [1.82, 2.24) is 0 Å². The van der Waals surface area contributed by atoms with E-state index in [2.05, 4.69) is 29.2 Å². The van der Waals surface area contributed by atoms with Gasteiger partial charge in [0, 0.05) is 6.42 Å². The highest BCUT2D eigenvalue weighted by Gasteiger charge is 2.32. The average Bonchev–Trinajstić information content (AvgIpc) is 2.08. The van der Waals surface area contributed by atoms with Crippen molar-refractivity contribution >= 4 is 22.6 Å². The van der Waals surface area contributed by atoms with Crippen LogP contribution in [0.2, 0.25) is 0 Å². The van der Waals surface area contributed by atoms with Crippen molar-refractivity contribution < 1.29 is 9.47 Å². The highest BCUT2D eigenvalue weighted by molar-refractivity contribution is 14.1. The Morgan fingerprint density at radius 3 is 2.73 bits per heavy atom. The standard InChI is InChI=1S/C8H13IO2/c1-6(9)4-7-5-10-8(2,3)11-7/h7H,1,4-5H2,2-3H3/t7-/m0/s1. The summed E-state index contributed by atoms with van der Waals surface area (Å²) in [5.74, 6) is -0.392. The molecule has 1 atom stereocenters. The van der Waals surface area contributed by atoms with E-state index >= 15 is 0 Å². The maximum Gasteiger partial charge on any atom is 0.163 e. The van der Waals surface area contributed by atoms with Crippen LogP contribution in [0.3, 0.4) is 0 Å². The molecule has 0 aromatic heterocycles. The fraction of sp³-hybridized carbons (Fsp3) is 0.750. The molecule has 64 valence electrons. The molecule has 0 aromatic carbocycles. The number of ether oxygens (including phenoxy) is 2. The smallest absolute Gasteiger partial charge is 0.163 e. The van der Waals surface area contributed by atoms with Gasteiger partial charge in [-0.25, -0.2) is 0 Å². The third-order valence-corrected chi connectivity index (χ3v) is 1.96. The number of halogens is 1. The van der Waals surface area contributed by atoms with Gasteiger partial charge in [0.1, 0.15) is 0 Å². The topological polar surface area (TPSA) is 18.5 Å². The van der Waals surface area contributed by atoms with Gasteiger partial charge in [-0.15, -0.1) is 0 Å². The van der Waals surface area contributed by atoms with Crippen LogP contribution < -0.4 is 0 Å². The van der Waals surface area contributed by atoms with Crippen molar-refractivity contribution in [1.29, 1.82) is 0 Å². The minimum Gasteiger partial charge on any atom is -0.348 e. The lowest BCUT2D eigenvalue weighted by atomic mass is 10.3. The van der Waals surface area contributed by atoms with Gasteiger partial charge in [0.05, 0.1) is 12.7 Å². The molecule has 0 aliphatic carbocycles. The van der Waals surface area contributed by atoms with Crippen LogP contribution in [-0.4, -0.2) is 18.5 Å². The van der Waals surface area contributed by atoms with Gasteiger partial charge in [0.25, 0.3) is 0 Å². The Kier molecular flexibility index (Phi) is 2.94. The zero-order valence-corrected chi connectivity index (χ0v) is 9.05. The van der Waals surface area contributed by atoms with Crippen LogP contribution in [0, 0.1) is 0 Å². The fourth-order valence-corrected chi connectivity index (χ4v) is 1.60. The van der Waals surface area contributed by atoms with Crippen LogP contribution in [0.15, 0.2) is 10.2 Å². The first-order valence-corrected chi connectivity index (χ1v) is 4.72. The lowest BCUT2D eigenvalue weighted by molar-refractivity contribution is -0.137. The summed E-state index contributed by atoms with van der Waals surface area (Å²) in [7, 11) is 0. The van der Waals surface area contributed by atoms with Gasteiger partial charge in [-0.2, -0.15) is 0 Å². The van der Waals surface area contributed by atoms with Crippen LogP contribution in [0.4, 0.5) is 0 Å². The highest BCUT2D eigenvalue weighted by Crippen LogP contribution is 2.26. The average molecular weight is 268 g/mol. The normalized spacial score (nSPS) is 28.8. The van der Waals surface area contributed by atoms with Crippen molar-refractivity contribution in [3.8, 4) is 0 Å². The Morgan fingerprint density at radius 2 is 2.36 bits per heavy atom. The molecule has 0 saturated carbocycles. The molecule has 2 nitrogen and oxygen atoms in total. The summed E-state index contributed by atoms with van der Waals surface area (Å²) in [5, 5.41) is 0. The van der Waals surface area contributed by atoms with Crippen LogP contribution >= 0.6 is 22.6 Å². The van der Waals surface area contributed by atoms with Crippen LogP contribution in [0.1, 0.15) is 20.3 Å². The molecule has 1 fully saturated rings. The molecule has 0 radical (unpaired) electrons. The lowest BCUT2D eigenvalue weighted by Gasteiger charge is -2.16. The molecule has 1 rings (SSSR count). The van der Waals surface area contributed by atoms with E-state index in [9.17, 15) is 0 Å².